The molecule has 0 unspecified atom stereocenters. The van der Waals surface area contributed by atoms with E-state index in [4.69, 9.17) is 9.26 Å². The molecule has 1 fully saturated rings. The lowest BCUT2D eigenvalue weighted by molar-refractivity contribution is 0.240. The van der Waals surface area contributed by atoms with Crippen molar-refractivity contribution in [1.82, 2.24) is 10.1 Å². The largest absolute Gasteiger partial charge is 0.497 e. The molecule has 0 amide bonds. The van der Waals surface area contributed by atoms with Gasteiger partial charge < -0.3 is 9.26 Å². The van der Waals surface area contributed by atoms with Gasteiger partial charge in [0.2, 0.25) is 0 Å². The smallest absolute Gasteiger partial charge is 0.177 e. The quantitative estimate of drug-likeness (QED) is 0.672. The van der Waals surface area contributed by atoms with Crippen LogP contribution in [-0.2, 0) is 6.54 Å². The molecule has 0 spiro atoms. The van der Waals surface area contributed by atoms with Gasteiger partial charge in [-0.1, -0.05) is 23.4 Å². The van der Waals surface area contributed by atoms with E-state index < -0.39 is 0 Å². The van der Waals surface area contributed by atoms with Crippen molar-refractivity contribution in [3.8, 4) is 16.4 Å². The Bertz CT molecular complexity index is 780. The van der Waals surface area contributed by atoms with Crippen LogP contribution >= 0.6 is 11.3 Å². The molecule has 4 nitrogen and oxygen atoms in total. The molecule has 1 atom stereocenters. The Morgan fingerprint density at radius 2 is 2.17 bits per heavy atom. The highest BCUT2D eigenvalue weighted by atomic mass is 32.1. The molecule has 24 heavy (non-hydrogen) atoms. The summed E-state index contributed by atoms with van der Waals surface area (Å²) >= 11 is 1.67. The second kappa shape index (κ2) is 6.79. The number of likely N-dealkylation sites (tertiary alicyclic amines) is 1. The summed E-state index contributed by atoms with van der Waals surface area (Å²) in [5.41, 5.74) is 2.34. The number of thiophene rings is 1. The predicted octanol–water partition coefficient (Wildman–Crippen LogP) is 4.75. The zero-order valence-corrected chi connectivity index (χ0v) is 14.5. The Labute approximate surface area is 145 Å². The molecule has 0 radical (unpaired) electrons. The highest BCUT2D eigenvalue weighted by molar-refractivity contribution is 7.13. The average molecular weight is 340 g/mol. The summed E-state index contributed by atoms with van der Waals surface area (Å²) in [6.07, 6.45) is 2.40. The summed E-state index contributed by atoms with van der Waals surface area (Å²) in [5.74, 6) is 1.76. The third-order valence-corrected chi connectivity index (χ3v) is 5.44. The zero-order chi connectivity index (χ0) is 16.4. The maximum absolute atomic E-state index is 5.51. The maximum atomic E-state index is 5.51. The van der Waals surface area contributed by atoms with Crippen LogP contribution in [0.5, 0.6) is 5.75 Å². The van der Waals surface area contributed by atoms with Crippen LogP contribution in [0.1, 0.15) is 30.1 Å². The lowest BCUT2D eigenvalue weighted by atomic mass is 10.0. The van der Waals surface area contributed by atoms with E-state index in [9.17, 15) is 0 Å². The first-order chi connectivity index (χ1) is 11.8. The standard InChI is InChI=1S/C19H20N2O2S/c1-22-16-8-6-14(7-9-16)17-4-2-10-21(17)13-15-12-18(23-20-15)19-5-3-11-24-19/h3,5-9,11-12,17H,2,4,10,13H2,1H3/t17-/m0/s1. The van der Waals surface area contributed by atoms with E-state index >= 15 is 0 Å². The minimum Gasteiger partial charge on any atom is -0.497 e. The van der Waals surface area contributed by atoms with Gasteiger partial charge in [-0.3, -0.25) is 4.90 Å². The highest BCUT2D eigenvalue weighted by Crippen LogP contribution is 2.34. The van der Waals surface area contributed by atoms with Gasteiger partial charge in [0.15, 0.2) is 5.76 Å². The van der Waals surface area contributed by atoms with Crippen LogP contribution in [-0.4, -0.2) is 23.7 Å². The molecule has 2 aromatic heterocycles. The predicted molar refractivity (Wildman–Crippen MR) is 95.2 cm³/mol. The molecule has 5 heteroatoms. The summed E-state index contributed by atoms with van der Waals surface area (Å²) in [5, 5.41) is 6.31. The molecule has 124 valence electrons. The van der Waals surface area contributed by atoms with Gasteiger partial charge in [0.05, 0.1) is 17.7 Å². The number of hydrogen-bond donors (Lipinski definition) is 0. The van der Waals surface area contributed by atoms with Crippen molar-refractivity contribution in [2.24, 2.45) is 0 Å². The number of benzene rings is 1. The summed E-state index contributed by atoms with van der Waals surface area (Å²) < 4.78 is 10.8. The lowest BCUT2D eigenvalue weighted by Gasteiger charge is -2.23. The van der Waals surface area contributed by atoms with E-state index in [0.29, 0.717) is 6.04 Å². The Balaban J connectivity index is 1.49. The molecule has 0 saturated carbocycles. The summed E-state index contributed by atoms with van der Waals surface area (Å²) in [7, 11) is 1.70. The normalized spacial score (nSPS) is 18.1. The van der Waals surface area contributed by atoms with Gasteiger partial charge in [0.1, 0.15) is 5.75 Å². The van der Waals surface area contributed by atoms with E-state index in [0.717, 1.165) is 35.2 Å². The molecule has 1 saturated heterocycles. The van der Waals surface area contributed by atoms with Crippen LogP contribution in [0.2, 0.25) is 0 Å². The Morgan fingerprint density at radius 1 is 1.29 bits per heavy atom. The number of aromatic nitrogens is 1. The topological polar surface area (TPSA) is 38.5 Å². The zero-order valence-electron chi connectivity index (χ0n) is 13.6. The van der Waals surface area contributed by atoms with Crippen LogP contribution in [0, 0.1) is 0 Å². The fourth-order valence-electron chi connectivity index (χ4n) is 3.35. The summed E-state index contributed by atoms with van der Waals surface area (Å²) in [4.78, 5) is 3.61. The lowest BCUT2D eigenvalue weighted by Crippen LogP contribution is -2.22. The van der Waals surface area contributed by atoms with Crippen LogP contribution in [0.4, 0.5) is 0 Å². The molecule has 0 aliphatic carbocycles. The first-order valence-corrected chi connectivity index (χ1v) is 9.09. The monoisotopic (exact) mass is 340 g/mol. The molecule has 0 N–H and O–H groups in total. The van der Waals surface area contributed by atoms with E-state index in [-0.39, 0.29) is 0 Å². The molecule has 3 heterocycles. The minimum atomic E-state index is 0.442. The molecule has 1 aromatic carbocycles. The second-order valence-electron chi connectivity index (χ2n) is 6.06. The van der Waals surface area contributed by atoms with Gasteiger partial charge in [0, 0.05) is 18.7 Å². The third kappa shape index (κ3) is 3.09. The number of methoxy groups -OCH3 is 1. The van der Waals surface area contributed by atoms with Crippen molar-refractivity contribution in [3.63, 3.8) is 0 Å². The Morgan fingerprint density at radius 3 is 2.92 bits per heavy atom. The number of nitrogens with zero attached hydrogens (tertiary/aromatic N) is 2. The minimum absolute atomic E-state index is 0.442. The van der Waals surface area contributed by atoms with Crippen molar-refractivity contribution in [3.05, 3.63) is 59.1 Å². The van der Waals surface area contributed by atoms with Crippen LogP contribution in [0.15, 0.2) is 52.4 Å². The van der Waals surface area contributed by atoms with Crippen molar-refractivity contribution < 1.29 is 9.26 Å². The van der Waals surface area contributed by atoms with Crippen LogP contribution in [0.25, 0.3) is 10.6 Å². The number of hydrogen-bond acceptors (Lipinski definition) is 5. The Kier molecular flexibility index (Phi) is 4.36. The van der Waals surface area contributed by atoms with Gasteiger partial charge in [-0.2, -0.15) is 0 Å². The Hall–Kier alpha value is -2.11. The fourth-order valence-corrected chi connectivity index (χ4v) is 4.02. The first kappa shape index (κ1) is 15.4. The summed E-state index contributed by atoms with van der Waals surface area (Å²) in [6, 6.07) is 15.0. The van der Waals surface area contributed by atoms with Crippen molar-refractivity contribution in [2.45, 2.75) is 25.4 Å². The third-order valence-electron chi connectivity index (χ3n) is 4.55. The molecule has 0 bridgehead atoms. The SMILES string of the molecule is COc1ccc([C@@H]2CCCN2Cc2cc(-c3cccs3)on2)cc1. The fraction of sp³-hybridized carbons (Fsp3) is 0.316. The molecule has 4 rings (SSSR count). The van der Waals surface area contributed by atoms with E-state index in [1.165, 1.54) is 18.4 Å². The van der Waals surface area contributed by atoms with E-state index in [2.05, 4.69) is 39.7 Å². The van der Waals surface area contributed by atoms with Crippen molar-refractivity contribution in [2.75, 3.05) is 13.7 Å². The summed E-state index contributed by atoms with van der Waals surface area (Å²) in [6.45, 7) is 1.92. The van der Waals surface area contributed by atoms with Crippen LogP contribution < -0.4 is 4.74 Å². The molecule has 3 aromatic rings. The number of rotatable bonds is 5. The number of ether oxygens (including phenoxy) is 1. The average Bonchev–Trinajstić information content (AvgIpc) is 3.37. The maximum Gasteiger partial charge on any atom is 0.177 e. The van der Waals surface area contributed by atoms with Crippen molar-refractivity contribution >= 4 is 11.3 Å². The molecule has 1 aliphatic heterocycles. The molecular weight excluding hydrogens is 320 g/mol. The second-order valence-corrected chi connectivity index (χ2v) is 7.01. The van der Waals surface area contributed by atoms with Gasteiger partial charge >= 0.3 is 0 Å². The van der Waals surface area contributed by atoms with Crippen LogP contribution in [0.3, 0.4) is 0 Å². The first-order valence-electron chi connectivity index (χ1n) is 8.21. The van der Waals surface area contributed by atoms with E-state index in [1.807, 2.05) is 18.2 Å². The van der Waals surface area contributed by atoms with Gasteiger partial charge in [-0.05, 0) is 48.5 Å². The highest BCUT2D eigenvalue weighted by Gasteiger charge is 2.27. The van der Waals surface area contributed by atoms with Crippen molar-refractivity contribution in [1.29, 1.82) is 0 Å². The van der Waals surface area contributed by atoms with Gasteiger partial charge in [0.25, 0.3) is 0 Å². The molecule has 1 aliphatic rings. The van der Waals surface area contributed by atoms with Gasteiger partial charge in [-0.25, -0.2) is 0 Å². The molecular formula is C19H20N2O2S. The van der Waals surface area contributed by atoms with Gasteiger partial charge in [-0.15, -0.1) is 11.3 Å². The van der Waals surface area contributed by atoms with E-state index in [1.54, 1.807) is 18.4 Å².